The van der Waals surface area contributed by atoms with E-state index < -0.39 is 0 Å². The highest BCUT2D eigenvalue weighted by Gasteiger charge is 2.21. The molecule has 0 saturated carbocycles. The van der Waals surface area contributed by atoms with Crippen LogP contribution in [0.15, 0.2) is 16.9 Å². The van der Waals surface area contributed by atoms with Gasteiger partial charge in [0.2, 0.25) is 0 Å². The lowest BCUT2D eigenvalue weighted by Gasteiger charge is -2.24. The summed E-state index contributed by atoms with van der Waals surface area (Å²) < 4.78 is 12.4. The zero-order valence-corrected chi connectivity index (χ0v) is 11.7. The van der Waals surface area contributed by atoms with E-state index in [1.807, 2.05) is 16.7 Å². The summed E-state index contributed by atoms with van der Waals surface area (Å²) in [5.74, 6) is 1.26. The number of H-pyrrole nitrogens is 1. The molecule has 1 aliphatic rings. The molecule has 1 aromatic carbocycles. The van der Waals surface area contributed by atoms with Crippen LogP contribution in [0, 0.1) is 0 Å². The maximum absolute atomic E-state index is 12.2. The molecule has 1 aromatic heterocycles. The third kappa shape index (κ3) is 2.06. The third-order valence-corrected chi connectivity index (χ3v) is 3.90. The second kappa shape index (κ2) is 5.20. The summed E-state index contributed by atoms with van der Waals surface area (Å²) in [4.78, 5) is 15.1. The van der Waals surface area contributed by atoms with Crippen molar-refractivity contribution in [1.82, 2.24) is 14.9 Å². The maximum Gasteiger partial charge on any atom is 0.326 e. The fourth-order valence-corrected chi connectivity index (χ4v) is 2.88. The highest BCUT2D eigenvalue weighted by Crippen LogP contribution is 2.32. The van der Waals surface area contributed by atoms with Gasteiger partial charge < -0.3 is 19.8 Å². The van der Waals surface area contributed by atoms with E-state index in [1.54, 1.807) is 14.2 Å². The Balaban J connectivity index is 2.16. The third-order valence-electron chi connectivity index (χ3n) is 3.90. The average molecular weight is 277 g/mol. The summed E-state index contributed by atoms with van der Waals surface area (Å²) in [5.41, 5.74) is 1.59. The van der Waals surface area contributed by atoms with Crippen LogP contribution < -0.4 is 20.5 Å². The van der Waals surface area contributed by atoms with Gasteiger partial charge in [-0.2, -0.15) is 0 Å². The zero-order chi connectivity index (χ0) is 14.1. The van der Waals surface area contributed by atoms with E-state index in [4.69, 9.17) is 9.47 Å². The first-order valence-corrected chi connectivity index (χ1v) is 6.81. The van der Waals surface area contributed by atoms with E-state index in [2.05, 4.69) is 10.3 Å². The van der Waals surface area contributed by atoms with Gasteiger partial charge in [0, 0.05) is 18.2 Å². The number of aromatic nitrogens is 2. The topological polar surface area (TPSA) is 68.3 Å². The van der Waals surface area contributed by atoms with Crippen LogP contribution in [0.5, 0.6) is 11.5 Å². The van der Waals surface area contributed by atoms with Crippen molar-refractivity contribution in [3.05, 3.63) is 22.6 Å². The van der Waals surface area contributed by atoms with Gasteiger partial charge in [0.15, 0.2) is 11.5 Å². The van der Waals surface area contributed by atoms with Crippen LogP contribution in [0.2, 0.25) is 0 Å². The van der Waals surface area contributed by atoms with E-state index >= 15 is 0 Å². The molecule has 0 aliphatic carbocycles. The molecule has 6 nitrogen and oxygen atoms in total. The quantitative estimate of drug-likeness (QED) is 0.886. The smallest absolute Gasteiger partial charge is 0.326 e. The number of ether oxygens (including phenoxy) is 2. The Morgan fingerprint density at radius 2 is 1.80 bits per heavy atom. The summed E-state index contributed by atoms with van der Waals surface area (Å²) >= 11 is 0. The van der Waals surface area contributed by atoms with Crippen molar-refractivity contribution in [3.8, 4) is 11.5 Å². The Bertz CT molecular complexity index is 668. The first-order chi connectivity index (χ1) is 9.74. The number of nitrogens with one attached hydrogen (secondary N) is 2. The van der Waals surface area contributed by atoms with E-state index in [0.717, 1.165) is 37.0 Å². The summed E-state index contributed by atoms with van der Waals surface area (Å²) in [6, 6.07) is 3.91. The molecule has 0 amide bonds. The molecule has 6 heteroatoms. The standard InChI is InChI=1S/C14H19N3O3/c1-19-12-7-10-11(8-13(12)20-2)17(14(18)16-10)9-3-5-15-6-4-9/h7-9,15H,3-6H2,1-2H3,(H,16,18). The van der Waals surface area contributed by atoms with E-state index in [0.29, 0.717) is 11.5 Å². The van der Waals surface area contributed by atoms with Crippen LogP contribution in [-0.2, 0) is 0 Å². The molecule has 1 saturated heterocycles. The molecular weight excluding hydrogens is 258 g/mol. The molecule has 2 heterocycles. The Morgan fingerprint density at radius 3 is 2.45 bits per heavy atom. The molecule has 3 rings (SSSR count). The monoisotopic (exact) mass is 277 g/mol. The summed E-state index contributed by atoms with van der Waals surface area (Å²) in [5, 5.41) is 3.31. The Kier molecular flexibility index (Phi) is 3.40. The number of hydrogen-bond acceptors (Lipinski definition) is 4. The number of hydrogen-bond donors (Lipinski definition) is 2. The van der Waals surface area contributed by atoms with Gasteiger partial charge in [0.1, 0.15) is 0 Å². The molecule has 0 spiro atoms. The lowest BCUT2D eigenvalue weighted by atomic mass is 10.1. The lowest BCUT2D eigenvalue weighted by molar-refractivity contribution is 0.354. The minimum Gasteiger partial charge on any atom is -0.493 e. The predicted octanol–water partition coefficient (Wildman–Crippen LogP) is 1.27. The van der Waals surface area contributed by atoms with Crippen LogP contribution in [0.3, 0.4) is 0 Å². The van der Waals surface area contributed by atoms with Gasteiger partial charge in [0.25, 0.3) is 0 Å². The molecule has 0 bridgehead atoms. The van der Waals surface area contributed by atoms with E-state index in [-0.39, 0.29) is 11.7 Å². The largest absolute Gasteiger partial charge is 0.493 e. The normalized spacial score (nSPS) is 16.5. The van der Waals surface area contributed by atoms with Gasteiger partial charge >= 0.3 is 5.69 Å². The van der Waals surface area contributed by atoms with Crippen LogP contribution in [0.4, 0.5) is 0 Å². The molecule has 108 valence electrons. The van der Waals surface area contributed by atoms with Crippen LogP contribution in [0.25, 0.3) is 11.0 Å². The van der Waals surface area contributed by atoms with Crippen molar-refractivity contribution >= 4 is 11.0 Å². The first-order valence-electron chi connectivity index (χ1n) is 6.81. The summed E-state index contributed by atoms with van der Waals surface area (Å²) in [6.07, 6.45) is 1.92. The van der Waals surface area contributed by atoms with Crippen LogP contribution in [0.1, 0.15) is 18.9 Å². The second-order valence-electron chi connectivity index (χ2n) is 5.01. The van der Waals surface area contributed by atoms with Gasteiger partial charge in [-0.05, 0) is 25.9 Å². The molecule has 2 aromatic rings. The Morgan fingerprint density at radius 1 is 1.15 bits per heavy atom. The molecule has 0 unspecified atom stereocenters. The van der Waals surface area contributed by atoms with Crippen LogP contribution >= 0.6 is 0 Å². The molecular formula is C14H19N3O3. The van der Waals surface area contributed by atoms with Crippen molar-refractivity contribution in [2.75, 3.05) is 27.3 Å². The summed E-state index contributed by atoms with van der Waals surface area (Å²) in [6.45, 7) is 1.88. The van der Waals surface area contributed by atoms with Gasteiger partial charge in [-0.3, -0.25) is 4.57 Å². The second-order valence-corrected chi connectivity index (χ2v) is 5.01. The molecule has 2 N–H and O–H groups in total. The number of piperidine rings is 1. The maximum atomic E-state index is 12.2. The highest BCUT2D eigenvalue weighted by atomic mass is 16.5. The van der Waals surface area contributed by atoms with Crippen molar-refractivity contribution in [3.63, 3.8) is 0 Å². The molecule has 0 atom stereocenters. The Labute approximate surface area is 116 Å². The van der Waals surface area contributed by atoms with Crippen LogP contribution in [-0.4, -0.2) is 36.9 Å². The van der Waals surface area contributed by atoms with Gasteiger partial charge in [-0.15, -0.1) is 0 Å². The van der Waals surface area contributed by atoms with Crippen molar-refractivity contribution in [2.24, 2.45) is 0 Å². The van der Waals surface area contributed by atoms with E-state index in [9.17, 15) is 4.79 Å². The molecule has 0 radical (unpaired) electrons. The predicted molar refractivity (Wildman–Crippen MR) is 76.8 cm³/mol. The fourth-order valence-electron chi connectivity index (χ4n) is 2.88. The summed E-state index contributed by atoms with van der Waals surface area (Å²) in [7, 11) is 3.19. The SMILES string of the molecule is COc1cc2[nH]c(=O)n(C3CCNCC3)c2cc1OC. The minimum absolute atomic E-state index is 0.0674. The van der Waals surface area contributed by atoms with Gasteiger partial charge in [-0.25, -0.2) is 4.79 Å². The van der Waals surface area contributed by atoms with E-state index in [1.165, 1.54) is 0 Å². The number of rotatable bonds is 3. The average Bonchev–Trinajstić information content (AvgIpc) is 2.81. The minimum atomic E-state index is -0.0674. The lowest BCUT2D eigenvalue weighted by Crippen LogP contribution is -2.33. The number of imidazole rings is 1. The number of benzene rings is 1. The first kappa shape index (κ1) is 13.1. The number of nitrogens with zero attached hydrogens (tertiary/aromatic N) is 1. The van der Waals surface area contributed by atoms with Crippen molar-refractivity contribution in [2.45, 2.75) is 18.9 Å². The fraction of sp³-hybridized carbons (Fsp3) is 0.500. The molecule has 20 heavy (non-hydrogen) atoms. The van der Waals surface area contributed by atoms with Crippen molar-refractivity contribution in [1.29, 1.82) is 0 Å². The van der Waals surface area contributed by atoms with Crippen molar-refractivity contribution < 1.29 is 9.47 Å². The number of methoxy groups -OCH3 is 2. The molecule has 1 fully saturated rings. The van der Waals surface area contributed by atoms with Gasteiger partial charge in [0.05, 0.1) is 25.3 Å². The molecule has 1 aliphatic heterocycles. The number of aromatic amines is 1. The van der Waals surface area contributed by atoms with Gasteiger partial charge in [-0.1, -0.05) is 0 Å². The zero-order valence-electron chi connectivity index (χ0n) is 11.7. The highest BCUT2D eigenvalue weighted by molar-refractivity contribution is 5.80. The Hall–Kier alpha value is -1.95. The number of fused-ring (bicyclic) bond motifs is 1.